The number of hydrogen-bond acceptors (Lipinski definition) is 5. The first-order chi connectivity index (χ1) is 14.5. The number of piperidine rings is 1. The topological polar surface area (TPSA) is 53.5 Å². The van der Waals surface area contributed by atoms with Crippen molar-refractivity contribution in [1.29, 1.82) is 0 Å². The van der Waals surface area contributed by atoms with E-state index in [-0.39, 0.29) is 24.4 Å². The molecule has 2 aliphatic heterocycles. The van der Waals surface area contributed by atoms with Crippen molar-refractivity contribution in [2.75, 3.05) is 13.1 Å². The number of nitrogens with zero attached hydrogens (tertiary/aromatic N) is 3. The van der Waals surface area contributed by atoms with E-state index in [1.807, 2.05) is 17.0 Å². The number of carbonyl (C=O) groups is 2. The Kier molecular flexibility index (Phi) is 6.24. The average Bonchev–Trinajstić information content (AvgIpc) is 3.03. The Morgan fingerprint density at radius 2 is 2.10 bits per heavy atom. The number of halogens is 1. The van der Waals surface area contributed by atoms with Crippen LogP contribution in [0.15, 0.2) is 53.7 Å². The van der Waals surface area contributed by atoms with Crippen molar-refractivity contribution in [2.45, 2.75) is 25.3 Å². The van der Waals surface area contributed by atoms with Crippen LogP contribution < -0.4 is 0 Å². The summed E-state index contributed by atoms with van der Waals surface area (Å²) in [5.74, 6) is -0.921. The fraction of sp³-hybridized carbons (Fsp3) is 0.273. The summed E-state index contributed by atoms with van der Waals surface area (Å²) in [6, 6.07) is 10.0. The first kappa shape index (κ1) is 20.7. The van der Waals surface area contributed by atoms with E-state index in [9.17, 15) is 14.0 Å². The number of hydrogen-bond donors (Lipinski definition) is 0. The van der Waals surface area contributed by atoms with Crippen LogP contribution in [0.1, 0.15) is 36.4 Å². The van der Waals surface area contributed by atoms with Gasteiger partial charge in [-0.2, -0.15) is 0 Å². The minimum absolute atomic E-state index is 0.0488. The second-order valence-corrected chi connectivity index (χ2v) is 8.85. The highest BCUT2D eigenvalue weighted by Gasteiger charge is 2.36. The van der Waals surface area contributed by atoms with Crippen LogP contribution in [0.2, 0.25) is 0 Å². The molecule has 0 bridgehead atoms. The Labute approximate surface area is 184 Å². The van der Waals surface area contributed by atoms with Gasteiger partial charge in [-0.15, -0.1) is 0 Å². The number of amides is 2. The number of likely N-dealkylation sites (tertiary alicyclic amines) is 1. The van der Waals surface area contributed by atoms with Gasteiger partial charge < -0.3 is 4.90 Å². The quantitative estimate of drug-likeness (QED) is 0.526. The Hall–Kier alpha value is -2.58. The Morgan fingerprint density at radius 1 is 1.27 bits per heavy atom. The summed E-state index contributed by atoms with van der Waals surface area (Å²) in [5, 5.41) is 0. The Morgan fingerprint density at radius 3 is 2.87 bits per heavy atom. The molecule has 154 valence electrons. The molecule has 0 unspecified atom stereocenters. The van der Waals surface area contributed by atoms with Gasteiger partial charge in [-0.05, 0) is 43.0 Å². The lowest BCUT2D eigenvalue weighted by molar-refractivity contribution is -0.138. The minimum atomic E-state index is -0.411. The number of benzene rings is 1. The lowest BCUT2D eigenvalue weighted by atomic mass is 9.96. The maximum Gasteiger partial charge on any atom is 0.266 e. The van der Waals surface area contributed by atoms with E-state index < -0.39 is 5.82 Å². The molecule has 2 amide bonds. The SMILES string of the molecule is O=C1/C(=C\c2ccccc2F)SC(=S)N1CC(=O)N1CCCC[C@@H]1c1cccnc1. The summed E-state index contributed by atoms with van der Waals surface area (Å²) in [7, 11) is 0. The van der Waals surface area contributed by atoms with Gasteiger partial charge in [0.2, 0.25) is 5.91 Å². The molecule has 4 rings (SSSR count). The van der Waals surface area contributed by atoms with Crippen molar-refractivity contribution in [2.24, 2.45) is 0 Å². The van der Waals surface area contributed by atoms with Crippen LogP contribution in [0.3, 0.4) is 0 Å². The highest BCUT2D eigenvalue weighted by atomic mass is 32.2. The molecule has 1 atom stereocenters. The van der Waals surface area contributed by atoms with Crippen LogP contribution in [0.25, 0.3) is 6.08 Å². The van der Waals surface area contributed by atoms with Gasteiger partial charge >= 0.3 is 0 Å². The van der Waals surface area contributed by atoms with E-state index in [4.69, 9.17) is 12.2 Å². The molecule has 5 nitrogen and oxygen atoms in total. The van der Waals surface area contributed by atoms with E-state index in [1.165, 1.54) is 17.0 Å². The van der Waals surface area contributed by atoms with Crippen LogP contribution in [-0.2, 0) is 9.59 Å². The highest BCUT2D eigenvalue weighted by molar-refractivity contribution is 8.26. The largest absolute Gasteiger partial charge is 0.334 e. The number of rotatable bonds is 4. The van der Waals surface area contributed by atoms with Crippen molar-refractivity contribution in [1.82, 2.24) is 14.8 Å². The van der Waals surface area contributed by atoms with Crippen LogP contribution >= 0.6 is 24.0 Å². The van der Waals surface area contributed by atoms with Gasteiger partial charge in [0.25, 0.3) is 5.91 Å². The van der Waals surface area contributed by atoms with Gasteiger partial charge in [-0.1, -0.05) is 48.2 Å². The fourth-order valence-corrected chi connectivity index (χ4v) is 4.99. The molecular weight excluding hydrogens is 421 g/mol. The van der Waals surface area contributed by atoms with Crippen LogP contribution in [-0.4, -0.2) is 44.0 Å². The second kappa shape index (κ2) is 9.06. The molecule has 0 aliphatic carbocycles. The molecule has 0 N–H and O–H groups in total. The van der Waals surface area contributed by atoms with Crippen molar-refractivity contribution >= 4 is 46.2 Å². The Bertz CT molecular complexity index is 1010. The first-order valence-corrected chi connectivity index (χ1v) is 11.0. The van der Waals surface area contributed by atoms with Crippen molar-refractivity contribution in [3.05, 3.63) is 70.6 Å². The van der Waals surface area contributed by atoms with E-state index in [0.717, 1.165) is 36.6 Å². The summed E-state index contributed by atoms with van der Waals surface area (Å²) in [4.78, 5) is 33.6. The smallest absolute Gasteiger partial charge is 0.266 e. The number of carbonyl (C=O) groups excluding carboxylic acids is 2. The summed E-state index contributed by atoms with van der Waals surface area (Å²) in [6.07, 6.45) is 7.80. The van der Waals surface area contributed by atoms with Crippen molar-refractivity contribution in [3.8, 4) is 0 Å². The third-order valence-corrected chi connectivity index (χ3v) is 6.63. The lowest BCUT2D eigenvalue weighted by Gasteiger charge is -2.36. The zero-order valence-electron chi connectivity index (χ0n) is 16.2. The van der Waals surface area contributed by atoms with Gasteiger partial charge in [-0.25, -0.2) is 4.39 Å². The summed E-state index contributed by atoms with van der Waals surface area (Å²) in [6.45, 7) is 0.522. The molecule has 1 aromatic carbocycles. The zero-order chi connectivity index (χ0) is 21.1. The molecule has 0 spiro atoms. The van der Waals surface area contributed by atoms with Gasteiger partial charge in [0, 0.05) is 24.5 Å². The minimum Gasteiger partial charge on any atom is -0.334 e. The molecule has 2 saturated heterocycles. The van der Waals surface area contributed by atoms with Gasteiger partial charge in [-0.3, -0.25) is 19.5 Å². The predicted molar refractivity (Wildman–Crippen MR) is 119 cm³/mol. The van der Waals surface area contributed by atoms with Crippen LogP contribution in [0.5, 0.6) is 0 Å². The van der Waals surface area contributed by atoms with E-state index in [0.29, 0.717) is 21.3 Å². The first-order valence-electron chi connectivity index (χ1n) is 9.74. The molecular formula is C22H20FN3O2S2. The van der Waals surface area contributed by atoms with Crippen LogP contribution in [0.4, 0.5) is 4.39 Å². The highest BCUT2D eigenvalue weighted by Crippen LogP contribution is 2.34. The molecule has 2 aliphatic rings. The van der Waals surface area contributed by atoms with Gasteiger partial charge in [0.15, 0.2) is 0 Å². The third-order valence-electron chi connectivity index (χ3n) is 5.25. The molecule has 1 aromatic heterocycles. The van der Waals surface area contributed by atoms with Gasteiger partial charge in [0.05, 0.1) is 10.9 Å². The van der Waals surface area contributed by atoms with E-state index in [2.05, 4.69) is 4.98 Å². The summed E-state index contributed by atoms with van der Waals surface area (Å²) >= 11 is 6.43. The predicted octanol–water partition coefficient (Wildman–Crippen LogP) is 4.18. The zero-order valence-corrected chi connectivity index (χ0v) is 17.8. The number of thioether (sulfide) groups is 1. The standard InChI is InChI=1S/C22H20FN3O2S2/c23-17-8-2-1-6-15(17)12-19-21(28)26(22(29)30-19)14-20(27)25-11-4-3-9-18(25)16-7-5-10-24-13-16/h1-2,5-8,10,12-13,18H,3-4,9,11,14H2/b19-12+/t18-/m1/s1. The molecule has 30 heavy (non-hydrogen) atoms. The van der Waals surface area contributed by atoms with E-state index >= 15 is 0 Å². The summed E-state index contributed by atoms with van der Waals surface area (Å²) in [5.41, 5.74) is 1.31. The molecule has 0 saturated carbocycles. The molecule has 0 radical (unpaired) electrons. The molecule has 2 aromatic rings. The maximum atomic E-state index is 13.9. The summed E-state index contributed by atoms with van der Waals surface area (Å²) < 4.78 is 14.3. The fourth-order valence-electron chi connectivity index (χ4n) is 3.75. The average molecular weight is 442 g/mol. The lowest BCUT2D eigenvalue weighted by Crippen LogP contribution is -2.45. The van der Waals surface area contributed by atoms with Crippen molar-refractivity contribution < 1.29 is 14.0 Å². The molecule has 3 heterocycles. The third kappa shape index (κ3) is 4.29. The number of thiocarbonyl (C=S) groups is 1. The second-order valence-electron chi connectivity index (χ2n) is 7.17. The van der Waals surface area contributed by atoms with Gasteiger partial charge in [0.1, 0.15) is 16.7 Å². The maximum absolute atomic E-state index is 13.9. The van der Waals surface area contributed by atoms with Crippen LogP contribution in [0, 0.1) is 5.82 Å². The van der Waals surface area contributed by atoms with E-state index in [1.54, 1.807) is 30.6 Å². The number of aromatic nitrogens is 1. The molecule has 8 heteroatoms. The normalized spacial score (nSPS) is 20.8. The Balaban J connectivity index is 1.50. The molecule has 2 fully saturated rings. The monoisotopic (exact) mass is 441 g/mol. The van der Waals surface area contributed by atoms with Crippen molar-refractivity contribution in [3.63, 3.8) is 0 Å². The number of pyridine rings is 1.